The van der Waals surface area contributed by atoms with E-state index < -0.39 is 0 Å². The molecule has 1 aliphatic rings. The first-order valence-electron chi connectivity index (χ1n) is 11.9. The van der Waals surface area contributed by atoms with Crippen LogP contribution in [-0.2, 0) is 13.1 Å². The Morgan fingerprint density at radius 1 is 0.857 bits per heavy atom. The highest BCUT2D eigenvalue weighted by Crippen LogP contribution is 2.29. The van der Waals surface area contributed by atoms with Crippen molar-refractivity contribution in [1.29, 1.82) is 0 Å². The van der Waals surface area contributed by atoms with E-state index in [-0.39, 0.29) is 5.82 Å². The second kappa shape index (κ2) is 9.31. The molecule has 5 nitrogen and oxygen atoms in total. The van der Waals surface area contributed by atoms with E-state index in [1.165, 1.54) is 23.3 Å². The zero-order valence-electron chi connectivity index (χ0n) is 19.3. The Labute approximate surface area is 203 Å². The number of halogens is 1. The minimum atomic E-state index is -0.309. The highest BCUT2D eigenvalue weighted by Gasteiger charge is 2.18. The van der Waals surface area contributed by atoms with Crippen molar-refractivity contribution in [2.75, 3.05) is 13.2 Å². The van der Waals surface area contributed by atoms with Crippen LogP contribution >= 0.6 is 0 Å². The first-order valence-corrected chi connectivity index (χ1v) is 11.9. The Kier molecular flexibility index (Phi) is 5.72. The lowest BCUT2D eigenvalue weighted by Crippen LogP contribution is -2.19. The summed E-state index contributed by atoms with van der Waals surface area (Å²) in [6.07, 6.45) is 2.70. The fraction of sp³-hybridized carbons (Fsp3) is 0.172. The van der Waals surface area contributed by atoms with E-state index >= 15 is 0 Å². The average Bonchev–Trinajstić information content (AvgIpc) is 3.48. The Morgan fingerprint density at radius 3 is 2.37 bits per heavy atom. The average molecular weight is 465 g/mol. The predicted molar refractivity (Wildman–Crippen MR) is 135 cm³/mol. The molecule has 174 valence electrons. The molecule has 0 N–H and O–H groups in total. The van der Waals surface area contributed by atoms with Crippen molar-refractivity contribution >= 4 is 11.0 Å². The van der Waals surface area contributed by atoms with Gasteiger partial charge in [-0.05, 0) is 66.1 Å². The van der Waals surface area contributed by atoms with Crippen LogP contribution in [0.1, 0.15) is 17.5 Å². The van der Waals surface area contributed by atoms with Crippen LogP contribution in [-0.4, -0.2) is 32.6 Å². The van der Waals surface area contributed by atoms with Crippen molar-refractivity contribution < 1.29 is 9.13 Å². The molecule has 0 radical (unpaired) electrons. The number of hydrogen-bond donors (Lipinski definition) is 0. The van der Waals surface area contributed by atoms with E-state index in [4.69, 9.17) is 4.74 Å². The Hall–Kier alpha value is -4.03. The molecule has 6 rings (SSSR count). The van der Waals surface area contributed by atoms with E-state index in [0.29, 0.717) is 17.9 Å². The van der Waals surface area contributed by atoms with Gasteiger partial charge in [-0.15, -0.1) is 0 Å². The number of rotatable bonds is 7. The van der Waals surface area contributed by atoms with Gasteiger partial charge in [0, 0.05) is 37.6 Å². The molecule has 0 aliphatic carbocycles. The summed E-state index contributed by atoms with van der Waals surface area (Å²) in [5, 5.41) is 0. The highest BCUT2D eigenvalue weighted by atomic mass is 19.1. The zero-order valence-corrected chi connectivity index (χ0v) is 19.3. The van der Waals surface area contributed by atoms with Gasteiger partial charge in [0.25, 0.3) is 0 Å². The topological polar surface area (TPSA) is 43.2 Å². The predicted octanol–water partition coefficient (Wildman–Crippen LogP) is 6.01. The van der Waals surface area contributed by atoms with Crippen molar-refractivity contribution in [2.45, 2.75) is 19.5 Å². The largest absolute Gasteiger partial charge is 0.494 e. The number of imidazole rings is 1. The highest BCUT2D eigenvalue weighted by molar-refractivity contribution is 5.82. The standard InChI is InChI=1S/C29H25FN4O/c30-23-9-14-28-27(18-23)32-29(26-8-3-4-15-31-26)34(28)24-10-12-25(13-11-24)35-17-5-16-33-19-21-6-1-2-7-22(21)20-33/h1-4,6-15,18H,5,16-17,19-20H2. The maximum Gasteiger partial charge on any atom is 0.164 e. The van der Waals surface area contributed by atoms with Gasteiger partial charge >= 0.3 is 0 Å². The summed E-state index contributed by atoms with van der Waals surface area (Å²) in [5.41, 5.74) is 5.94. The summed E-state index contributed by atoms with van der Waals surface area (Å²) < 4.78 is 21.9. The van der Waals surface area contributed by atoms with Crippen molar-refractivity contribution in [3.05, 3.63) is 108 Å². The molecular formula is C29H25FN4O. The van der Waals surface area contributed by atoms with Gasteiger partial charge in [-0.1, -0.05) is 30.3 Å². The zero-order chi connectivity index (χ0) is 23.6. The second-order valence-corrected chi connectivity index (χ2v) is 8.79. The van der Waals surface area contributed by atoms with Gasteiger partial charge in [-0.25, -0.2) is 9.37 Å². The normalized spacial score (nSPS) is 13.3. The van der Waals surface area contributed by atoms with Crippen molar-refractivity contribution in [1.82, 2.24) is 19.4 Å². The third-order valence-electron chi connectivity index (χ3n) is 6.40. The SMILES string of the molecule is Fc1ccc2c(c1)nc(-c1ccccn1)n2-c1ccc(OCCCN2Cc3ccccc3C2)cc1. The molecule has 1 aliphatic heterocycles. The fourth-order valence-electron chi connectivity index (χ4n) is 4.71. The number of hydrogen-bond acceptors (Lipinski definition) is 4. The third-order valence-corrected chi connectivity index (χ3v) is 6.40. The van der Waals surface area contributed by atoms with Crippen LogP contribution in [0.3, 0.4) is 0 Å². The van der Waals surface area contributed by atoms with Gasteiger partial charge in [0.1, 0.15) is 17.3 Å². The van der Waals surface area contributed by atoms with Crippen LogP contribution in [0.5, 0.6) is 5.75 Å². The number of ether oxygens (including phenoxy) is 1. The molecule has 0 amide bonds. The van der Waals surface area contributed by atoms with Crippen LogP contribution < -0.4 is 4.74 Å². The van der Waals surface area contributed by atoms with Gasteiger partial charge in [0.2, 0.25) is 0 Å². The number of benzene rings is 3. The number of aromatic nitrogens is 3. The molecule has 0 atom stereocenters. The maximum absolute atomic E-state index is 13.9. The van der Waals surface area contributed by atoms with Crippen LogP contribution in [0.2, 0.25) is 0 Å². The quantitative estimate of drug-likeness (QED) is 0.277. The van der Waals surface area contributed by atoms with Crippen molar-refractivity contribution in [3.63, 3.8) is 0 Å². The van der Waals surface area contributed by atoms with Gasteiger partial charge in [-0.2, -0.15) is 0 Å². The lowest BCUT2D eigenvalue weighted by atomic mass is 10.1. The minimum Gasteiger partial charge on any atom is -0.494 e. The molecule has 0 unspecified atom stereocenters. The lowest BCUT2D eigenvalue weighted by molar-refractivity contribution is 0.238. The monoisotopic (exact) mass is 464 g/mol. The summed E-state index contributed by atoms with van der Waals surface area (Å²) in [5.74, 6) is 1.19. The Balaban J connectivity index is 1.15. The lowest BCUT2D eigenvalue weighted by Gasteiger charge is -2.15. The Bertz CT molecular complexity index is 1440. The molecule has 0 saturated carbocycles. The summed E-state index contributed by atoms with van der Waals surface area (Å²) in [4.78, 5) is 11.6. The van der Waals surface area contributed by atoms with Gasteiger partial charge < -0.3 is 4.74 Å². The molecule has 3 heterocycles. The second-order valence-electron chi connectivity index (χ2n) is 8.79. The smallest absolute Gasteiger partial charge is 0.164 e. The first kappa shape index (κ1) is 21.5. The van der Waals surface area contributed by atoms with Gasteiger partial charge in [-0.3, -0.25) is 14.5 Å². The fourth-order valence-corrected chi connectivity index (χ4v) is 4.71. The van der Waals surface area contributed by atoms with E-state index in [9.17, 15) is 4.39 Å². The van der Waals surface area contributed by atoms with E-state index in [0.717, 1.165) is 48.7 Å². The van der Waals surface area contributed by atoms with Crippen LogP contribution in [0, 0.1) is 5.82 Å². The van der Waals surface area contributed by atoms with Crippen LogP contribution in [0.15, 0.2) is 91.1 Å². The van der Waals surface area contributed by atoms with Gasteiger partial charge in [0.05, 0.1) is 17.6 Å². The van der Waals surface area contributed by atoms with Crippen molar-refractivity contribution in [3.8, 4) is 23.0 Å². The van der Waals surface area contributed by atoms with E-state index in [1.807, 2.05) is 47.0 Å². The number of fused-ring (bicyclic) bond motifs is 2. The van der Waals surface area contributed by atoms with Crippen LogP contribution in [0.25, 0.3) is 28.2 Å². The van der Waals surface area contributed by atoms with Crippen molar-refractivity contribution in [2.24, 2.45) is 0 Å². The molecule has 5 aromatic rings. The molecule has 6 heteroatoms. The summed E-state index contributed by atoms with van der Waals surface area (Å²) in [6.45, 7) is 3.72. The molecule has 2 aromatic heterocycles. The number of nitrogens with zero attached hydrogens (tertiary/aromatic N) is 4. The number of pyridine rings is 1. The van der Waals surface area contributed by atoms with E-state index in [1.54, 1.807) is 12.3 Å². The van der Waals surface area contributed by atoms with E-state index in [2.05, 4.69) is 39.1 Å². The van der Waals surface area contributed by atoms with Crippen LogP contribution in [0.4, 0.5) is 4.39 Å². The van der Waals surface area contributed by atoms with Gasteiger partial charge in [0.15, 0.2) is 5.82 Å². The minimum absolute atomic E-state index is 0.309. The summed E-state index contributed by atoms with van der Waals surface area (Å²) >= 11 is 0. The Morgan fingerprint density at radius 2 is 1.63 bits per heavy atom. The molecular weight excluding hydrogens is 439 g/mol. The third kappa shape index (κ3) is 4.40. The molecule has 0 saturated heterocycles. The summed E-state index contributed by atoms with van der Waals surface area (Å²) in [7, 11) is 0. The molecule has 35 heavy (non-hydrogen) atoms. The molecule has 0 fully saturated rings. The maximum atomic E-state index is 13.9. The molecule has 0 spiro atoms. The molecule has 3 aromatic carbocycles. The first-order chi connectivity index (χ1) is 17.2. The molecule has 0 bridgehead atoms. The summed E-state index contributed by atoms with van der Waals surface area (Å²) in [6, 6.07) is 27.0.